The highest BCUT2D eigenvalue weighted by Gasteiger charge is 2.06. The van der Waals surface area contributed by atoms with Crippen molar-refractivity contribution in [1.82, 2.24) is 15.6 Å². The van der Waals surface area contributed by atoms with Crippen LogP contribution in [-0.4, -0.2) is 31.1 Å². The maximum atomic E-state index is 4.64. The number of hydrogen-bond donors (Lipinski definition) is 2. The molecule has 0 radical (unpaired) electrons. The highest BCUT2D eigenvalue weighted by molar-refractivity contribution is 7.09. The van der Waals surface area contributed by atoms with Gasteiger partial charge in [-0.15, -0.1) is 11.3 Å². The quantitative estimate of drug-likeness (QED) is 0.600. The molecule has 0 fully saturated rings. The van der Waals surface area contributed by atoms with Crippen molar-refractivity contribution in [1.29, 1.82) is 0 Å². The Bertz CT molecular complexity index is 410. The van der Waals surface area contributed by atoms with Crippen LogP contribution in [0.3, 0.4) is 0 Å². The normalized spacial score (nSPS) is 12.2. The third-order valence-corrected chi connectivity index (χ3v) is 4.17. The van der Waals surface area contributed by atoms with Gasteiger partial charge >= 0.3 is 0 Å². The summed E-state index contributed by atoms with van der Waals surface area (Å²) in [6, 6.07) is 0. The standard InChI is InChI=1S/C15H28N4S/c1-11(2)6-8-17-15(16-5)18-9-7-13-10-20-14(19-13)12(3)4/h10-12H,6-9H2,1-5H3,(H2,16,17,18). The first-order valence-corrected chi connectivity index (χ1v) is 8.29. The monoisotopic (exact) mass is 296 g/mol. The molecule has 0 aliphatic carbocycles. The van der Waals surface area contributed by atoms with Gasteiger partial charge in [0.05, 0.1) is 10.7 Å². The lowest BCUT2D eigenvalue weighted by atomic mass is 10.1. The molecule has 0 bridgehead atoms. The van der Waals surface area contributed by atoms with Crippen molar-refractivity contribution in [3.05, 3.63) is 16.1 Å². The lowest BCUT2D eigenvalue weighted by molar-refractivity contribution is 0.573. The number of aromatic nitrogens is 1. The van der Waals surface area contributed by atoms with Crippen molar-refractivity contribution in [2.45, 2.75) is 46.5 Å². The molecular weight excluding hydrogens is 268 g/mol. The zero-order valence-corrected chi connectivity index (χ0v) is 14.2. The van der Waals surface area contributed by atoms with Gasteiger partial charge in [-0.05, 0) is 12.3 Å². The maximum Gasteiger partial charge on any atom is 0.190 e. The number of thiazole rings is 1. The Morgan fingerprint density at radius 3 is 2.50 bits per heavy atom. The zero-order valence-electron chi connectivity index (χ0n) is 13.4. The van der Waals surface area contributed by atoms with Gasteiger partial charge in [-0.3, -0.25) is 4.99 Å². The molecule has 1 rings (SSSR count). The SMILES string of the molecule is CN=C(NCCc1csc(C(C)C)n1)NCCC(C)C. The topological polar surface area (TPSA) is 49.3 Å². The van der Waals surface area contributed by atoms with E-state index in [0.29, 0.717) is 11.8 Å². The molecule has 5 heteroatoms. The molecule has 0 aromatic carbocycles. The van der Waals surface area contributed by atoms with Crippen LogP contribution in [0.25, 0.3) is 0 Å². The Hall–Kier alpha value is -1.10. The van der Waals surface area contributed by atoms with Crippen LogP contribution in [0.4, 0.5) is 0 Å². The summed E-state index contributed by atoms with van der Waals surface area (Å²) >= 11 is 1.75. The second-order valence-corrected chi connectivity index (χ2v) is 6.58. The first kappa shape index (κ1) is 17.0. The van der Waals surface area contributed by atoms with Crippen molar-refractivity contribution in [2.75, 3.05) is 20.1 Å². The molecule has 114 valence electrons. The Balaban J connectivity index is 2.27. The molecule has 4 nitrogen and oxygen atoms in total. The van der Waals surface area contributed by atoms with E-state index in [9.17, 15) is 0 Å². The summed E-state index contributed by atoms with van der Waals surface area (Å²) in [6.07, 6.45) is 2.10. The average Bonchev–Trinajstić information content (AvgIpc) is 2.85. The van der Waals surface area contributed by atoms with Crippen LogP contribution >= 0.6 is 11.3 Å². The highest BCUT2D eigenvalue weighted by atomic mass is 32.1. The average molecular weight is 296 g/mol. The van der Waals surface area contributed by atoms with Gasteiger partial charge in [0.1, 0.15) is 0 Å². The first-order chi connectivity index (χ1) is 9.52. The van der Waals surface area contributed by atoms with E-state index in [1.165, 1.54) is 10.7 Å². The minimum absolute atomic E-state index is 0.521. The number of nitrogens with zero attached hydrogens (tertiary/aromatic N) is 2. The number of guanidine groups is 1. The van der Waals surface area contributed by atoms with Crippen molar-refractivity contribution >= 4 is 17.3 Å². The second kappa shape index (κ2) is 8.95. The molecule has 0 amide bonds. The van der Waals surface area contributed by atoms with Crippen LogP contribution in [0, 0.1) is 5.92 Å². The zero-order chi connectivity index (χ0) is 15.0. The molecule has 0 aliphatic heterocycles. The summed E-state index contributed by atoms with van der Waals surface area (Å²) in [5, 5.41) is 10.0. The Morgan fingerprint density at radius 1 is 1.25 bits per heavy atom. The fourth-order valence-electron chi connectivity index (χ4n) is 1.71. The van der Waals surface area contributed by atoms with Crippen LogP contribution in [0.5, 0.6) is 0 Å². The molecule has 1 aromatic rings. The fraction of sp³-hybridized carbons (Fsp3) is 0.733. The molecule has 0 spiro atoms. The summed E-state index contributed by atoms with van der Waals surface area (Å²) in [5.74, 6) is 2.11. The van der Waals surface area contributed by atoms with Crippen LogP contribution in [0.15, 0.2) is 10.4 Å². The van der Waals surface area contributed by atoms with E-state index in [0.717, 1.165) is 31.9 Å². The molecule has 20 heavy (non-hydrogen) atoms. The van der Waals surface area contributed by atoms with Gasteiger partial charge < -0.3 is 10.6 Å². The summed E-state index contributed by atoms with van der Waals surface area (Å²) in [7, 11) is 1.81. The maximum absolute atomic E-state index is 4.64. The van der Waals surface area contributed by atoms with E-state index in [2.05, 4.69) is 53.7 Å². The molecule has 0 saturated carbocycles. The van der Waals surface area contributed by atoms with Crippen LogP contribution in [-0.2, 0) is 6.42 Å². The van der Waals surface area contributed by atoms with Gasteiger partial charge in [-0.1, -0.05) is 27.7 Å². The molecule has 1 heterocycles. The summed E-state index contributed by atoms with van der Waals surface area (Å²) < 4.78 is 0. The van der Waals surface area contributed by atoms with Gasteiger partial charge in [0.15, 0.2) is 5.96 Å². The van der Waals surface area contributed by atoms with E-state index < -0.39 is 0 Å². The minimum Gasteiger partial charge on any atom is -0.356 e. The highest BCUT2D eigenvalue weighted by Crippen LogP contribution is 2.19. The summed E-state index contributed by atoms with van der Waals surface area (Å²) in [5.41, 5.74) is 1.17. The van der Waals surface area contributed by atoms with Gasteiger partial charge in [0.25, 0.3) is 0 Å². The van der Waals surface area contributed by atoms with Crippen molar-refractivity contribution in [2.24, 2.45) is 10.9 Å². The van der Waals surface area contributed by atoms with Crippen molar-refractivity contribution in [3.8, 4) is 0 Å². The van der Waals surface area contributed by atoms with E-state index in [4.69, 9.17) is 0 Å². The molecule has 0 unspecified atom stereocenters. The van der Waals surface area contributed by atoms with E-state index in [1.54, 1.807) is 11.3 Å². The predicted molar refractivity (Wildman–Crippen MR) is 88.7 cm³/mol. The minimum atomic E-state index is 0.521. The lowest BCUT2D eigenvalue weighted by Gasteiger charge is -2.12. The molecule has 1 aromatic heterocycles. The van der Waals surface area contributed by atoms with E-state index in [-0.39, 0.29) is 0 Å². The van der Waals surface area contributed by atoms with E-state index >= 15 is 0 Å². The molecule has 2 N–H and O–H groups in total. The number of aliphatic imine (C=N–C) groups is 1. The lowest BCUT2D eigenvalue weighted by Crippen LogP contribution is -2.39. The van der Waals surface area contributed by atoms with Crippen molar-refractivity contribution < 1.29 is 0 Å². The molecule has 0 saturated heterocycles. The number of rotatable bonds is 7. The number of nitrogens with one attached hydrogen (secondary N) is 2. The molecular formula is C15H28N4S. The molecule has 0 atom stereocenters. The third-order valence-electron chi connectivity index (χ3n) is 2.97. The van der Waals surface area contributed by atoms with Gasteiger partial charge in [0.2, 0.25) is 0 Å². The smallest absolute Gasteiger partial charge is 0.190 e. The largest absolute Gasteiger partial charge is 0.356 e. The van der Waals surface area contributed by atoms with Gasteiger partial charge in [0, 0.05) is 37.9 Å². The Kier molecular flexibility index (Phi) is 7.59. The molecule has 0 aliphatic rings. The third kappa shape index (κ3) is 6.37. The van der Waals surface area contributed by atoms with E-state index in [1.807, 2.05) is 7.05 Å². The predicted octanol–water partition coefficient (Wildman–Crippen LogP) is 3.02. The first-order valence-electron chi connectivity index (χ1n) is 7.41. The van der Waals surface area contributed by atoms with Gasteiger partial charge in [-0.25, -0.2) is 4.98 Å². The second-order valence-electron chi connectivity index (χ2n) is 5.69. The Morgan fingerprint density at radius 2 is 1.95 bits per heavy atom. The van der Waals surface area contributed by atoms with Crippen molar-refractivity contribution in [3.63, 3.8) is 0 Å². The summed E-state index contributed by atoms with van der Waals surface area (Å²) in [4.78, 5) is 8.86. The van der Waals surface area contributed by atoms with Crippen LogP contribution < -0.4 is 10.6 Å². The number of hydrogen-bond acceptors (Lipinski definition) is 3. The fourth-order valence-corrected chi connectivity index (χ4v) is 2.58. The van der Waals surface area contributed by atoms with Gasteiger partial charge in [-0.2, -0.15) is 0 Å². The Labute approximate surface area is 127 Å². The summed E-state index contributed by atoms with van der Waals surface area (Å²) in [6.45, 7) is 10.6. The van der Waals surface area contributed by atoms with Crippen LogP contribution in [0.1, 0.15) is 50.7 Å². The van der Waals surface area contributed by atoms with Crippen LogP contribution in [0.2, 0.25) is 0 Å².